The first-order valence-electron chi connectivity index (χ1n) is 8.01. The standard InChI is InChI=1S/C16H15N.C4H4O4/c1-16-13-8-4-2-6-11(13)10-15(17-16)12-7-3-5-9-14(12)16;5-3(6)1-2-4(7)8/h2-9,15,17H,10H2,1H3;1-2H,(H,5,6)(H,7,8)/b;2-1-/t15-,16?;/m0./s1. The minimum absolute atomic E-state index is 0.0100. The van der Waals surface area contributed by atoms with Crippen LogP contribution in [0.1, 0.15) is 35.2 Å². The molecule has 0 radical (unpaired) electrons. The molecule has 2 atom stereocenters. The molecule has 4 rings (SSSR count). The molecule has 3 N–H and O–H groups in total. The third-order valence-electron chi connectivity index (χ3n) is 4.69. The topological polar surface area (TPSA) is 86.6 Å². The lowest BCUT2D eigenvalue weighted by molar-refractivity contribution is -0.134. The monoisotopic (exact) mass is 337 g/mol. The van der Waals surface area contributed by atoms with E-state index in [0.717, 1.165) is 6.42 Å². The van der Waals surface area contributed by atoms with Gasteiger partial charge in [-0.1, -0.05) is 48.5 Å². The number of carboxylic acid groups (broad SMARTS) is 2. The zero-order chi connectivity index (χ0) is 18.0. The quantitative estimate of drug-likeness (QED) is 0.734. The van der Waals surface area contributed by atoms with Crippen molar-refractivity contribution < 1.29 is 19.8 Å². The van der Waals surface area contributed by atoms with Crippen LogP contribution in [0, 0.1) is 0 Å². The first-order valence-corrected chi connectivity index (χ1v) is 8.01. The van der Waals surface area contributed by atoms with E-state index in [1.165, 1.54) is 22.3 Å². The fourth-order valence-corrected chi connectivity index (χ4v) is 3.69. The number of benzene rings is 2. The fourth-order valence-electron chi connectivity index (χ4n) is 3.69. The van der Waals surface area contributed by atoms with Crippen LogP contribution >= 0.6 is 0 Å². The molecule has 0 fully saturated rings. The van der Waals surface area contributed by atoms with Crippen molar-refractivity contribution in [3.63, 3.8) is 0 Å². The largest absolute Gasteiger partial charge is 0.478 e. The Hall–Kier alpha value is -2.92. The van der Waals surface area contributed by atoms with Crippen LogP contribution in [0.5, 0.6) is 0 Å². The molecule has 0 saturated heterocycles. The molecular weight excluding hydrogens is 318 g/mol. The van der Waals surface area contributed by atoms with Crippen LogP contribution in [0.15, 0.2) is 60.7 Å². The molecule has 5 nitrogen and oxygen atoms in total. The van der Waals surface area contributed by atoms with E-state index >= 15 is 0 Å². The van der Waals surface area contributed by atoms with E-state index in [-0.39, 0.29) is 5.54 Å². The Labute approximate surface area is 145 Å². The predicted octanol–water partition coefficient (Wildman–Crippen LogP) is 2.86. The van der Waals surface area contributed by atoms with Crippen molar-refractivity contribution in [3.05, 3.63) is 82.9 Å². The number of rotatable bonds is 2. The normalized spacial score (nSPS) is 22.5. The molecule has 0 amide bonds. The Kier molecular flexibility index (Phi) is 4.42. The van der Waals surface area contributed by atoms with Crippen molar-refractivity contribution in [2.75, 3.05) is 0 Å². The number of hydrogen-bond donors (Lipinski definition) is 3. The average molecular weight is 337 g/mol. The van der Waals surface area contributed by atoms with Gasteiger partial charge < -0.3 is 10.2 Å². The SMILES string of the molecule is CC12N[C@@H](Cc3ccccc31)c1ccccc12.O=C(O)/C=C\C(=O)O. The highest BCUT2D eigenvalue weighted by Crippen LogP contribution is 2.47. The van der Waals surface area contributed by atoms with Gasteiger partial charge in [0.2, 0.25) is 0 Å². The lowest BCUT2D eigenvalue weighted by Gasteiger charge is -2.34. The maximum absolute atomic E-state index is 9.55. The van der Waals surface area contributed by atoms with E-state index in [4.69, 9.17) is 10.2 Å². The highest BCUT2D eigenvalue weighted by Gasteiger charge is 2.45. The second-order valence-electron chi connectivity index (χ2n) is 6.28. The number of aliphatic carboxylic acids is 2. The third-order valence-corrected chi connectivity index (χ3v) is 4.69. The molecule has 2 aromatic rings. The maximum atomic E-state index is 9.55. The van der Waals surface area contributed by atoms with Crippen molar-refractivity contribution >= 4 is 11.9 Å². The Morgan fingerprint density at radius 3 is 2.20 bits per heavy atom. The molecule has 5 heteroatoms. The van der Waals surface area contributed by atoms with Crippen molar-refractivity contribution in [2.24, 2.45) is 0 Å². The summed E-state index contributed by atoms with van der Waals surface area (Å²) in [4.78, 5) is 19.1. The smallest absolute Gasteiger partial charge is 0.328 e. The summed E-state index contributed by atoms with van der Waals surface area (Å²) in [5, 5.41) is 19.4. The molecule has 0 aromatic heterocycles. The Bertz CT molecular complexity index is 829. The number of carboxylic acids is 2. The van der Waals surface area contributed by atoms with Crippen LogP contribution < -0.4 is 5.32 Å². The molecule has 0 aliphatic carbocycles. The molecule has 1 unspecified atom stereocenters. The molecule has 0 saturated carbocycles. The van der Waals surface area contributed by atoms with Crippen molar-refractivity contribution in [3.8, 4) is 0 Å². The van der Waals surface area contributed by atoms with Gasteiger partial charge in [0.05, 0.1) is 5.54 Å². The van der Waals surface area contributed by atoms with Gasteiger partial charge in [-0.3, -0.25) is 5.32 Å². The van der Waals surface area contributed by atoms with Crippen LogP contribution in [-0.4, -0.2) is 22.2 Å². The van der Waals surface area contributed by atoms with Gasteiger partial charge in [-0.05, 0) is 35.6 Å². The summed E-state index contributed by atoms with van der Waals surface area (Å²) in [6.45, 7) is 2.31. The summed E-state index contributed by atoms with van der Waals surface area (Å²) in [6.07, 6.45) is 2.23. The molecule has 2 heterocycles. The zero-order valence-electron chi connectivity index (χ0n) is 13.8. The second-order valence-corrected chi connectivity index (χ2v) is 6.28. The number of nitrogens with one attached hydrogen (secondary N) is 1. The highest BCUT2D eigenvalue weighted by atomic mass is 16.4. The lowest BCUT2D eigenvalue weighted by Crippen LogP contribution is -2.41. The second kappa shape index (κ2) is 6.53. The molecule has 0 spiro atoms. The number of carbonyl (C=O) groups is 2. The number of hydrogen-bond acceptors (Lipinski definition) is 3. The maximum Gasteiger partial charge on any atom is 0.328 e. The summed E-state index contributed by atoms with van der Waals surface area (Å²) in [5.74, 6) is -2.51. The van der Waals surface area contributed by atoms with E-state index in [2.05, 4.69) is 60.8 Å². The van der Waals surface area contributed by atoms with E-state index < -0.39 is 11.9 Å². The molecule has 2 bridgehead atoms. The summed E-state index contributed by atoms with van der Waals surface area (Å²) in [6, 6.07) is 18.2. The third kappa shape index (κ3) is 3.19. The Morgan fingerprint density at radius 2 is 1.56 bits per heavy atom. The van der Waals surface area contributed by atoms with E-state index in [1.54, 1.807) is 0 Å². The van der Waals surface area contributed by atoms with Gasteiger partial charge in [0, 0.05) is 18.2 Å². The van der Waals surface area contributed by atoms with E-state index in [9.17, 15) is 9.59 Å². The molecule has 128 valence electrons. The fraction of sp³-hybridized carbons (Fsp3) is 0.200. The average Bonchev–Trinajstić information content (AvgIpc) is 2.83. The first-order chi connectivity index (χ1) is 11.9. The van der Waals surface area contributed by atoms with Gasteiger partial charge in [0.15, 0.2) is 0 Å². The minimum Gasteiger partial charge on any atom is -0.478 e. The Balaban J connectivity index is 0.000000197. The van der Waals surface area contributed by atoms with Gasteiger partial charge in [0.1, 0.15) is 0 Å². The van der Waals surface area contributed by atoms with Gasteiger partial charge in [-0.25, -0.2) is 9.59 Å². The van der Waals surface area contributed by atoms with Crippen LogP contribution in [0.4, 0.5) is 0 Å². The molecule has 2 aliphatic heterocycles. The minimum atomic E-state index is -1.26. The number of fused-ring (bicyclic) bond motifs is 7. The summed E-state index contributed by atoms with van der Waals surface area (Å²) in [7, 11) is 0. The van der Waals surface area contributed by atoms with Gasteiger partial charge in [-0.2, -0.15) is 0 Å². The van der Waals surface area contributed by atoms with Crippen molar-refractivity contribution in [1.82, 2.24) is 5.32 Å². The van der Waals surface area contributed by atoms with E-state index in [1.807, 2.05) is 0 Å². The van der Waals surface area contributed by atoms with Gasteiger partial charge in [0.25, 0.3) is 0 Å². The molecule has 2 aromatic carbocycles. The van der Waals surface area contributed by atoms with Gasteiger partial charge >= 0.3 is 11.9 Å². The predicted molar refractivity (Wildman–Crippen MR) is 93.3 cm³/mol. The zero-order valence-corrected chi connectivity index (χ0v) is 13.8. The van der Waals surface area contributed by atoms with Crippen molar-refractivity contribution in [1.29, 1.82) is 0 Å². The first kappa shape index (κ1) is 16.9. The van der Waals surface area contributed by atoms with Crippen LogP contribution in [-0.2, 0) is 21.5 Å². The highest BCUT2D eigenvalue weighted by molar-refractivity contribution is 5.89. The van der Waals surface area contributed by atoms with Gasteiger partial charge in [-0.15, -0.1) is 0 Å². The summed E-state index contributed by atoms with van der Waals surface area (Å²) in [5.41, 5.74) is 5.88. The van der Waals surface area contributed by atoms with E-state index in [0.29, 0.717) is 18.2 Å². The molecule has 2 aliphatic rings. The lowest BCUT2D eigenvalue weighted by atomic mass is 9.82. The van der Waals surface area contributed by atoms with Crippen LogP contribution in [0.25, 0.3) is 0 Å². The molecular formula is C20H19NO4. The molecule has 25 heavy (non-hydrogen) atoms. The summed E-state index contributed by atoms with van der Waals surface area (Å²) >= 11 is 0. The summed E-state index contributed by atoms with van der Waals surface area (Å²) < 4.78 is 0. The van der Waals surface area contributed by atoms with Crippen LogP contribution in [0.3, 0.4) is 0 Å². The van der Waals surface area contributed by atoms with Crippen LogP contribution in [0.2, 0.25) is 0 Å². The Morgan fingerprint density at radius 1 is 1.00 bits per heavy atom. The van der Waals surface area contributed by atoms with Crippen molar-refractivity contribution in [2.45, 2.75) is 24.9 Å².